The van der Waals surface area contributed by atoms with Crippen molar-refractivity contribution in [3.8, 4) is 0 Å². The molecule has 1 unspecified atom stereocenters. The largest absolute Gasteiger partial charge is 0.311 e. The van der Waals surface area contributed by atoms with E-state index in [-0.39, 0.29) is 12.1 Å². The van der Waals surface area contributed by atoms with Crippen molar-refractivity contribution in [1.82, 2.24) is 19.9 Å². The maximum atomic E-state index is 13.3. The van der Waals surface area contributed by atoms with Crippen LogP contribution < -0.4 is 0 Å². The fourth-order valence-electron chi connectivity index (χ4n) is 4.02. The highest BCUT2D eigenvalue weighted by molar-refractivity contribution is 7.99. The van der Waals surface area contributed by atoms with Gasteiger partial charge in [-0.2, -0.15) is 0 Å². The van der Waals surface area contributed by atoms with Gasteiger partial charge >= 0.3 is 0 Å². The van der Waals surface area contributed by atoms with E-state index in [1.54, 1.807) is 11.8 Å². The topological polar surface area (TPSA) is 51.0 Å². The van der Waals surface area contributed by atoms with Crippen molar-refractivity contribution in [1.29, 1.82) is 0 Å². The van der Waals surface area contributed by atoms with E-state index < -0.39 is 0 Å². The summed E-state index contributed by atoms with van der Waals surface area (Å²) in [4.78, 5) is 16.4. The van der Waals surface area contributed by atoms with Crippen molar-refractivity contribution in [2.24, 2.45) is 0 Å². The lowest BCUT2D eigenvalue weighted by atomic mass is 10.1. The Morgan fingerprint density at radius 1 is 1.00 bits per heavy atom. The molecule has 6 heteroatoms. The van der Waals surface area contributed by atoms with Crippen LogP contribution in [-0.4, -0.2) is 38.1 Å². The van der Waals surface area contributed by atoms with Gasteiger partial charge in [0, 0.05) is 28.3 Å². The average molecular weight is 415 g/mol. The number of carbonyl (C=O) groups is 1. The molecule has 3 aromatic carbocycles. The molecule has 0 aliphatic carbocycles. The molecule has 1 aliphatic heterocycles. The van der Waals surface area contributed by atoms with Crippen LogP contribution >= 0.6 is 11.8 Å². The van der Waals surface area contributed by atoms with Gasteiger partial charge in [0.05, 0.1) is 5.52 Å². The number of fused-ring (bicyclic) bond motifs is 2. The van der Waals surface area contributed by atoms with Gasteiger partial charge in [-0.3, -0.25) is 4.79 Å². The zero-order chi connectivity index (χ0) is 20.7. The van der Waals surface area contributed by atoms with Crippen molar-refractivity contribution in [3.63, 3.8) is 0 Å². The zero-order valence-electron chi connectivity index (χ0n) is 16.9. The fraction of sp³-hybridized carbons (Fsp3) is 0.208. The highest BCUT2D eigenvalue weighted by atomic mass is 32.2. The molecule has 0 saturated carbocycles. The van der Waals surface area contributed by atoms with Gasteiger partial charge in [-0.15, -0.1) is 16.9 Å². The molecule has 1 aliphatic rings. The van der Waals surface area contributed by atoms with Gasteiger partial charge in [0.25, 0.3) is 5.91 Å². The molecule has 150 valence electrons. The molecule has 4 aromatic rings. The summed E-state index contributed by atoms with van der Waals surface area (Å²) in [6.07, 6.45) is -0.277. The van der Waals surface area contributed by atoms with Crippen LogP contribution in [0.4, 0.5) is 0 Å². The number of benzene rings is 3. The van der Waals surface area contributed by atoms with Crippen LogP contribution in [0.3, 0.4) is 0 Å². The predicted octanol–water partition coefficient (Wildman–Crippen LogP) is 4.84. The summed E-state index contributed by atoms with van der Waals surface area (Å²) in [5.74, 6) is 0.865. The van der Waals surface area contributed by atoms with Crippen LogP contribution in [0.25, 0.3) is 11.0 Å². The van der Waals surface area contributed by atoms with Crippen molar-refractivity contribution >= 4 is 28.7 Å². The van der Waals surface area contributed by atoms with Gasteiger partial charge in [0.2, 0.25) is 0 Å². The van der Waals surface area contributed by atoms with Crippen LogP contribution in [-0.2, 0) is 0 Å². The number of thioether (sulfide) groups is 1. The van der Waals surface area contributed by atoms with Crippen molar-refractivity contribution in [3.05, 3.63) is 89.0 Å². The van der Waals surface area contributed by atoms with Gasteiger partial charge < -0.3 is 4.90 Å². The molecule has 0 bridgehead atoms. The van der Waals surface area contributed by atoms with Crippen molar-refractivity contribution in [2.75, 3.05) is 12.3 Å². The molecule has 0 N–H and O–H groups in total. The van der Waals surface area contributed by atoms with E-state index in [0.717, 1.165) is 27.9 Å². The number of hydrogen-bond donors (Lipinski definition) is 0. The smallest absolute Gasteiger partial charge is 0.256 e. The molecule has 0 radical (unpaired) electrons. The second-order valence-corrected chi connectivity index (χ2v) is 8.74. The second kappa shape index (κ2) is 7.61. The number of aryl methyl sites for hydroxylation is 2. The van der Waals surface area contributed by atoms with Crippen LogP contribution in [0.15, 0.2) is 71.6 Å². The summed E-state index contributed by atoms with van der Waals surface area (Å²) in [7, 11) is 0. The third kappa shape index (κ3) is 3.17. The number of aromatic nitrogens is 3. The zero-order valence-corrected chi connectivity index (χ0v) is 17.8. The standard InChI is InChI=1S/C24H22N4OS/c1-16-11-12-17(2)22(15-16)30-14-13-27-23(18-7-3-4-8-19(18)24(27)29)28-21-10-6-5-9-20(21)25-26-28/h3-12,15,23H,13-14H2,1-2H3. The molecule has 30 heavy (non-hydrogen) atoms. The minimum absolute atomic E-state index is 0.0525. The van der Waals surface area contributed by atoms with Gasteiger partial charge in [0.1, 0.15) is 5.52 Å². The van der Waals surface area contributed by atoms with E-state index in [1.807, 2.05) is 58.1 Å². The Balaban J connectivity index is 1.47. The Morgan fingerprint density at radius 3 is 2.70 bits per heavy atom. The summed E-state index contributed by atoms with van der Waals surface area (Å²) < 4.78 is 1.88. The summed E-state index contributed by atoms with van der Waals surface area (Å²) >= 11 is 1.79. The van der Waals surface area contributed by atoms with Gasteiger partial charge in [-0.05, 0) is 43.7 Å². The summed E-state index contributed by atoms with van der Waals surface area (Å²) in [6, 6.07) is 22.2. The number of rotatable bonds is 5. The molecule has 0 fully saturated rings. The van der Waals surface area contributed by atoms with Crippen molar-refractivity contribution < 1.29 is 4.79 Å². The molecule has 0 spiro atoms. The van der Waals surface area contributed by atoms with Crippen LogP contribution in [0, 0.1) is 13.8 Å². The molecule has 1 amide bonds. The minimum atomic E-state index is -0.277. The van der Waals surface area contributed by atoms with E-state index in [0.29, 0.717) is 6.54 Å². The number of amides is 1. The van der Waals surface area contributed by atoms with E-state index in [1.165, 1.54) is 16.0 Å². The lowest BCUT2D eigenvalue weighted by Gasteiger charge is -2.25. The quantitative estimate of drug-likeness (QED) is 0.438. The first-order valence-corrected chi connectivity index (χ1v) is 11.0. The first-order valence-electron chi connectivity index (χ1n) is 10.0. The Kier molecular flexibility index (Phi) is 4.79. The molecule has 1 aromatic heterocycles. The second-order valence-electron chi connectivity index (χ2n) is 7.60. The average Bonchev–Trinajstić information content (AvgIpc) is 3.30. The van der Waals surface area contributed by atoms with E-state index in [9.17, 15) is 4.79 Å². The lowest BCUT2D eigenvalue weighted by molar-refractivity contribution is 0.0706. The molecule has 5 nitrogen and oxygen atoms in total. The molecule has 2 heterocycles. The predicted molar refractivity (Wildman–Crippen MR) is 120 cm³/mol. The number of hydrogen-bond acceptors (Lipinski definition) is 4. The highest BCUT2D eigenvalue weighted by Gasteiger charge is 2.38. The summed E-state index contributed by atoms with van der Waals surface area (Å²) in [5, 5.41) is 8.73. The van der Waals surface area contributed by atoms with Crippen LogP contribution in [0.1, 0.15) is 33.2 Å². The SMILES string of the molecule is Cc1ccc(C)c(SCCN2C(=O)c3ccccc3C2n2nnc3ccccc32)c1. The minimum Gasteiger partial charge on any atom is -0.311 e. The van der Waals surface area contributed by atoms with Gasteiger partial charge in [-0.1, -0.05) is 53.2 Å². The van der Waals surface area contributed by atoms with Crippen molar-refractivity contribution in [2.45, 2.75) is 24.9 Å². The maximum absolute atomic E-state index is 13.3. The number of para-hydroxylation sites is 1. The summed E-state index contributed by atoms with van der Waals surface area (Å²) in [6.45, 7) is 4.86. The van der Waals surface area contributed by atoms with Gasteiger partial charge in [-0.25, -0.2) is 4.68 Å². The first kappa shape index (κ1) is 18.9. The molecular weight excluding hydrogens is 392 g/mol. The number of nitrogens with zero attached hydrogens (tertiary/aromatic N) is 4. The monoisotopic (exact) mass is 414 g/mol. The third-order valence-corrected chi connectivity index (χ3v) is 6.71. The Morgan fingerprint density at radius 2 is 1.80 bits per heavy atom. The Hall–Kier alpha value is -3.12. The lowest BCUT2D eigenvalue weighted by Crippen LogP contribution is -2.34. The van der Waals surface area contributed by atoms with Crippen LogP contribution in [0.2, 0.25) is 0 Å². The number of carbonyl (C=O) groups excluding carboxylic acids is 1. The van der Waals surface area contributed by atoms with E-state index in [4.69, 9.17) is 0 Å². The maximum Gasteiger partial charge on any atom is 0.256 e. The van der Waals surface area contributed by atoms with E-state index in [2.05, 4.69) is 42.4 Å². The molecular formula is C24H22N4OS. The molecule has 0 saturated heterocycles. The fourth-order valence-corrected chi connectivity index (χ4v) is 5.10. The van der Waals surface area contributed by atoms with Crippen LogP contribution in [0.5, 0.6) is 0 Å². The Labute approximate surface area is 179 Å². The van der Waals surface area contributed by atoms with Gasteiger partial charge in [0.15, 0.2) is 6.17 Å². The normalized spacial score (nSPS) is 15.7. The highest BCUT2D eigenvalue weighted by Crippen LogP contribution is 2.36. The molecule has 1 atom stereocenters. The summed E-state index contributed by atoms with van der Waals surface area (Å²) in [5.41, 5.74) is 6.01. The Bertz CT molecular complexity index is 1250. The molecule has 5 rings (SSSR count). The van der Waals surface area contributed by atoms with E-state index >= 15 is 0 Å². The first-order chi connectivity index (χ1) is 14.6. The third-order valence-electron chi connectivity index (χ3n) is 5.57.